The number of piperidine rings is 1. The van der Waals surface area contributed by atoms with Gasteiger partial charge in [0.25, 0.3) is 0 Å². The molecule has 5 nitrogen and oxygen atoms in total. The fourth-order valence-electron chi connectivity index (χ4n) is 3.46. The summed E-state index contributed by atoms with van der Waals surface area (Å²) in [6.45, 7) is 3.10. The maximum absolute atomic E-state index is 12.6. The number of carbonyl (C=O) groups excluding carboxylic acids is 1. The van der Waals surface area contributed by atoms with Crippen LogP contribution >= 0.6 is 0 Å². The van der Waals surface area contributed by atoms with Gasteiger partial charge in [-0.25, -0.2) is 0 Å². The lowest BCUT2D eigenvalue weighted by atomic mass is 9.76. The van der Waals surface area contributed by atoms with Crippen LogP contribution in [0.1, 0.15) is 45.4 Å². The first-order chi connectivity index (χ1) is 8.92. The number of hydrogen-bond acceptors (Lipinski definition) is 3. The van der Waals surface area contributed by atoms with E-state index >= 15 is 0 Å². The Kier molecular flexibility index (Phi) is 4.13. The van der Waals surface area contributed by atoms with Crippen molar-refractivity contribution in [1.82, 2.24) is 4.90 Å². The highest BCUT2D eigenvalue weighted by molar-refractivity contribution is 5.87. The van der Waals surface area contributed by atoms with Crippen molar-refractivity contribution in [2.75, 3.05) is 13.1 Å². The SMILES string of the molecule is CC1CCCC(N)(C(=O)N2CCC[C@@H](C(=O)O)C2)C1. The van der Waals surface area contributed by atoms with Crippen molar-refractivity contribution in [1.29, 1.82) is 0 Å². The molecule has 0 aromatic rings. The fourth-order valence-corrected chi connectivity index (χ4v) is 3.46. The van der Waals surface area contributed by atoms with Gasteiger partial charge < -0.3 is 15.7 Å². The molecular weight excluding hydrogens is 244 g/mol. The van der Waals surface area contributed by atoms with Gasteiger partial charge in [-0.3, -0.25) is 9.59 Å². The number of rotatable bonds is 2. The smallest absolute Gasteiger partial charge is 0.308 e. The van der Waals surface area contributed by atoms with Gasteiger partial charge in [0.05, 0.1) is 11.5 Å². The highest BCUT2D eigenvalue weighted by atomic mass is 16.4. The van der Waals surface area contributed by atoms with Crippen molar-refractivity contribution in [2.45, 2.75) is 51.0 Å². The van der Waals surface area contributed by atoms with Crippen LogP contribution in [0.2, 0.25) is 0 Å². The summed E-state index contributed by atoms with van der Waals surface area (Å²) in [5.74, 6) is -0.796. The van der Waals surface area contributed by atoms with Crippen LogP contribution in [0.3, 0.4) is 0 Å². The first kappa shape index (κ1) is 14.3. The average Bonchev–Trinajstić information content (AvgIpc) is 2.37. The lowest BCUT2D eigenvalue weighted by molar-refractivity contribution is -0.148. The zero-order valence-electron chi connectivity index (χ0n) is 11.6. The van der Waals surface area contributed by atoms with Crippen LogP contribution in [-0.4, -0.2) is 40.5 Å². The van der Waals surface area contributed by atoms with Crippen molar-refractivity contribution in [3.63, 3.8) is 0 Å². The summed E-state index contributed by atoms with van der Waals surface area (Å²) in [5.41, 5.74) is 5.54. The summed E-state index contributed by atoms with van der Waals surface area (Å²) in [6, 6.07) is 0. The Morgan fingerprint density at radius 2 is 2.05 bits per heavy atom. The largest absolute Gasteiger partial charge is 0.481 e. The van der Waals surface area contributed by atoms with E-state index in [2.05, 4.69) is 6.92 Å². The topological polar surface area (TPSA) is 83.6 Å². The van der Waals surface area contributed by atoms with E-state index in [0.717, 1.165) is 32.1 Å². The molecule has 1 amide bonds. The molecule has 0 radical (unpaired) electrons. The van der Waals surface area contributed by atoms with Crippen molar-refractivity contribution in [3.05, 3.63) is 0 Å². The lowest BCUT2D eigenvalue weighted by Gasteiger charge is -2.41. The minimum atomic E-state index is -0.805. The molecule has 1 aliphatic heterocycles. The Morgan fingerprint density at radius 1 is 1.32 bits per heavy atom. The van der Waals surface area contributed by atoms with E-state index in [0.29, 0.717) is 25.4 Å². The van der Waals surface area contributed by atoms with Gasteiger partial charge in [0, 0.05) is 13.1 Å². The maximum atomic E-state index is 12.6. The Bertz CT molecular complexity index is 372. The fraction of sp³-hybridized carbons (Fsp3) is 0.857. The van der Waals surface area contributed by atoms with E-state index in [1.807, 2.05) is 0 Å². The summed E-state index contributed by atoms with van der Waals surface area (Å²) in [4.78, 5) is 25.3. The van der Waals surface area contributed by atoms with E-state index in [4.69, 9.17) is 10.8 Å². The molecule has 2 aliphatic rings. The first-order valence-electron chi connectivity index (χ1n) is 7.23. The Labute approximate surface area is 114 Å². The number of carbonyl (C=O) groups is 2. The number of nitrogens with two attached hydrogens (primary N) is 1. The molecule has 3 N–H and O–H groups in total. The van der Waals surface area contributed by atoms with Crippen LogP contribution in [0, 0.1) is 11.8 Å². The van der Waals surface area contributed by atoms with Gasteiger partial charge >= 0.3 is 5.97 Å². The summed E-state index contributed by atoms with van der Waals surface area (Å²) < 4.78 is 0. The molecule has 0 spiro atoms. The molecule has 1 aliphatic carbocycles. The van der Waals surface area contributed by atoms with Gasteiger partial charge in [0.15, 0.2) is 0 Å². The van der Waals surface area contributed by atoms with E-state index in [1.54, 1.807) is 4.90 Å². The number of amides is 1. The van der Waals surface area contributed by atoms with Gasteiger partial charge in [-0.2, -0.15) is 0 Å². The zero-order chi connectivity index (χ0) is 14.0. The monoisotopic (exact) mass is 268 g/mol. The number of carboxylic acid groups (broad SMARTS) is 1. The van der Waals surface area contributed by atoms with Crippen molar-refractivity contribution >= 4 is 11.9 Å². The molecule has 0 aromatic heterocycles. The molecule has 3 atom stereocenters. The highest BCUT2D eigenvalue weighted by Gasteiger charge is 2.42. The Hall–Kier alpha value is -1.10. The maximum Gasteiger partial charge on any atom is 0.308 e. The molecule has 0 aromatic carbocycles. The predicted octanol–water partition coefficient (Wildman–Crippen LogP) is 1.22. The van der Waals surface area contributed by atoms with Crippen molar-refractivity contribution in [3.8, 4) is 0 Å². The van der Waals surface area contributed by atoms with Crippen LogP contribution in [0.5, 0.6) is 0 Å². The quantitative estimate of drug-likeness (QED) is 0.788. The third kappa shape index (κ3) is 3.08. The molecule has 2 unspecified atom stereocenters. The van der Waals surface area contributed by atoms with Crippen LogP contribution in [-0.2, 0) is 9.59 Å². The van der Waals surface area contributed by atoms with Crippen LogP contribution in [0.15, 0.2) is 0 Å². The molecule has 1 heterocycles. The van der Waals surface area contributed by atoms with E-state index in [1.165, 1.54) is 0 Å². The van der Waals surface area contributed by atoms with E-state index in [9.17, 15) is 9.59 Å². The predicted molar refractivity (Wildman–Crippen MR) is 71.5 cm³/mol. The zero-order valence-corrected chi connectivity index (χ0v) is 11.6. The van der Waals surface area contributed by atoms with Gasteiger partial charge in [-0.05, 0) is 31.6 Å². The highest BCUT2D eigenvalue weighted by Crippen LogP contribution is 2.32. The number of nitrogens with zero attached hydrogens (tertiary/aromatic N) is 1. The minimum absolute atomic E-state index is 0.0370. The normalized spacial score (nSPS) is 36.0. The number of likely N-dealkylation sites (tertiary alicyclic amines) is 1. The summed E-state index contributed by atoms with van der Waals surface area (Å²) >= 11 is 0. The molecule has 5 heteroatoms. The molecule has 0 bridgehead atoms. The standard InChI is InChI=1S/C14H24N2O3/c1-10-4-2-6-14(15,8-10)13(19)16-7-3-5-11(9-16)12(17)18/h10-11H,2-9,15H2,1H3,(H,17,18)/t10?,11-,14?/m1/s1. The minimum Gasteiger partial charge on any atom is -0.481 e. The molecular formula is C14H24N2O3. The summed E-state index contributed by atoms with van der Waals surface area (Å²) in [7, 11) is 0. The van der Waals surface area contributed by atoms with Crippen LogP contribution in [0.25, 0.3) is 0 Å². The number of hydrogen-bond donors (Lipinski definition) is 2. The molecule has 2 rings (SSSR count). The van der Waals surface area contributed by atoms with Gasteiger partial charge in [-0.1, -0.05) is 19.8 Å². The second-order valence-electron chi connectivity index (χ2n) is 6.29. The lowest BCUT2D eigenvalue weighted by Crippen LogP contribution is -2.59. The van der Waals surface area contributed by atoms with Gasteiger partial charge in [0.1, 0.15) is 0 Å². The van der Waals surface area contributed by atoms with E-state index in [-0.39, 0.29) is 5.91 Å². The number of aliphatic carboxylic acids is 1. The van der Waals surface area contributed by atoms with Crippen LogP contribution in [0.4, 0.5) is 0 Å². The third-order valence-corrected chi connectivity index (χ3v) is 4.52. The molecule has 2 fully saturated rings. The third-order valence-electron chi connectivity index (χ3n) is 4.52. The molecule has 1 saturated carbocycles. The molecule has 1 saturated heterocycles. The van der Waals surface area contributed by atoms with Gasteiger partial charge in [0.2, 0.25) is 5.91 Å². The van der Waals surface area contributed by atoms with Crippen molar-refractivity contribution in [2.24, 2.45) is 17.6 Å². The van der Waals surface area contributed by atoms with Crippen LogP contribution < -0.4 is 5.73 Å². The Balaban J connectivity index is 2.04. The van der Waals surface area contributed by atoms with Gasteiger partial charge in [-0.15, -0.1) is 0 Å². The first-order valence-corrected chi connectivity index (χ1v) is 7.23. The van der Waals surface area contributed by atoms with Crippen molar-refractivity contribution < 1.29 is 14.7 Å². The summed E-state index contributed by atoms with van der Waals surface area (Å²) in [5, 5.41) is 9.09. The Morgan fingerprint density at radius 3 is 2.68 bits per heavy atom. The average molecular weight is 268 g/mol. The summed E-state index contributed by atoms with van der Waals surface area (Å²) in [6.07, 6.45) is 4.98. The number of carboxylic acids is 1. The molecule has 19 heavy (non-hydrogen) atoms. The second kappa shape index (κ2) is 5.49. The van der Waals surface area contributed by atoms with E-state index < -0.39 is 17.4 Å². The molecule has 108 valence electrons. The second-order valence-corrected chi connectivity index (χ2v) is 6.29.